The summed E-state index contributed by atoms with van der Waals surface area (Å²) < 4.78 is 14.9. The van der Waals surface area contributed by atoms with Crippen molar-refractivity contribution in [2.24, 2.45) is 5.41 Å². The van der Waals surface area contributed by atoms with Crippen LogP contribution in [0.4, 0.5) is 0 Å². The first-order chi connectivity index (χ1) is 6.89. The van der Waals surface area contributed by atoms with Gasteiger partial charge in [-0.15, -0.1) is 23.2 Å². The highest BCUT2D eigenvalue weighted by atomic mass is 35.5. The molecule has 0 aliphatic heterocycles. The van der Waals surface area contributed by atoms with Gasteiger partial charge < -0.3 is 14.9 Å². The Morgan fingerprint density at radius 3 is 1.93 bits per heavy atom. The smallest absolute Gasteiger partial charge is 0.396 e. The Morgan fingerprint density at radius 1 is 1.20 bits per heavy atom. The van der Waals surface area contributed by atoms with E-state index in [2.05, 4.69) is 4.52 Å². The zero-order valence-corrected chi connectivity index (χ0v) is 10.5. The fourth-order valence-corrected chi connectivity index (χ4v) is 2.34. The standard InChI is InChI=1S/C7H15Cl2O5P/c8-3-1-7(5-10,2-4-9)6-14-15(11,12)13/h10H,1-6H2,(H2,11,12,13). The van der Waals surface area contributed by atoms with E-state index in [-0.39, 0.29) is 25.0 Å². The largest absolute Gasteiger partial charge is 0.469 e. The van der Waals surface area contributed by atoms with Crippen LogP contribution in [0.3, 0.4) is 0 Å². The molecule has 0 rings (SSSR count). The maximum atomic E-state index is 10.5. The molecule has 0 unspecified atom stereocenters. The first-order valence-corrected chi connectivity index (χ1v) is 6.92. The van der Waals surface area contributed by atoms with E-state index >= 15 is 0 Å². The third kappa shape index (κ3) is 6.74. The summed E-state index contributed by atoms with van der Waals surface area (Å²) in [5.41, 5.74) is -0.773. The van der Waals surface area contributed by atoms with E-state index in [1.807, 2.05) is 0 Å². The van der Waals surface area contributed by atoms with Crippen molar-refractivity contribution in [2.75, 3.05) is 25.0 Å². The summed E-state index contributed by atoms with van der Waals surface area (Å²) in [5.74, 6) is 0.532. The average molecular weight is 281 g/mol. The molecule has 0 aliphatic carbocycles. The Hall–Kier alpha value is 0.650. The molecule has 8 heteroatoms. The molecule has 5 nitrogen and oxygen atoms in total. The Labute approximate surface area is 98.6 Å². The lowest BCUT2D eigenvalue weighted by molar-refractivity contribution is 0.0453. The summed E-state index contributed by atoms with van der Waals surface area (Å²) in [6, 6.07) is 0. The summed E-state index contributed by atoms with van der Waals surface area (Å²) in [7, 11) is -4.52. The maximum absolute atomic E-state index is 10.5. The lowest BCUT2D eigenvalue weighted by Gasteiger charge is -2.30. The van der Waals surface area contributed by atoms with E-state index in [1.165, 1.54) is 0 Å². The Kier molecular flexibility index (Phi) is 7.38. The summed E-state index contributed by atoms with van der Waals surface area (Å²) in [6.45, 7) is -0.528. The van der Waals surface area contributed by atoms with Crippen molar-refractivity contribution >= 4 is 31.0 Å². The quantitative estimate of drug-likeness (QED) is 0.461. The number of aliphatic hydroxyl groups excluding tert-OH is 1. The monoisotopic (exact) mass is 280 g/mol. The number of phosphoric acid groups is 1. The molecule has 0 saturated carbocycles. The van der Waals surface area contributed by atoms with Gasteiger partial charge >= 0.3 is 7.82 Å². The molecule has 92 valence electrons. The summed E-state index contributed by atoms with van der Waals surface area (Å²) in [5, 5.41) is 9.19. The Balaban J connectivity index is 4.39. The topological polar surface area (TPSA) is 87.0 Å². The van der Waals surface area contributed by atoms with Crippen LogP contribution in [0.5, 0.6) is 0 Å². The third-order valence-electron chi connectivity index (χ3n) is 2.12. The molecule has 0 fully saturated rings. The van der Waals surface area contributed by atoms with Crippen LogP contribution < -0.4 is 0 Å². The second-order valence-corrected chi connectivity index (χ2v) is 5.30. The molecule has 0 aliphatic rings. The van der Waals surface area contributed by atoms with Gasteiger partial charge in [0.1, 0.15) is 0 Å². The zero-order chi connectivity index (χ0) is 11.9. The number of aliphatic hydroxyl groups is 1. The third-order valence-corrected chi connectivity index (χ3v) is 2.97. The van der Waals surface area contributed by atoms with Crippen molar-refractivity contribution in [2.45, 2.75) is 12.8 Å². The molecule has 0 spiro atoms. The van der Waals surface area contributed by atoms with E-state index in [4.69, 9.17) is 33.0 Å². The molecular weight excluding hydrogens is 266 g/mol. The number of hydrogen-bond donors (Lipinski definition) is 3. The molecule has 0 amide bonds. The van der Waals surface area contributed by atoms with Gasteiger partial charge in [-0.05, 0) is 12.8 Å². The fourth-order valence-electron chi connectivity index (χ4n) is 1.10. The lowest BCUT2D eigenvalue weighted by atomic mass is 9.84. The molecule has 0 atom stereocenters. The summed E-state index contributed by atoms with van der Waals surface area (Å²) in [4.78, 5) is 17.1. The van der Waals surface area contributed by atoms with Crippen LogP contribution in [0.15, 0.2) is 0 Å². The Morgan fingerprint density at radius 2 is 1.67 bits per heavy atom. The van der Waals surface area contributed by atoms with E-state index < -0.39 is 13.2 Å². The van der Waals surface area contributed by atoms with Crippen molar-refractivity contribution in [1.29, 1.82) is 0 Å². The Bertz CT molecular complexity index is 213. The van der Waals surface area contributed by atoms with Crippen LogP contribution in [0.1, 0.15) is 12.8 Å². The molecule has 0 saturated heterocycles. The van der Waals surface area contributed by atoms with Crippen LogP contribution in [-0.2, 0) is 9.09 Å². The predicted molar refractivity (Wildman–Crippen MR) is 58.2 cm³/mol. The van der Waals surface area contributed by atoms with Crippen LogP contribution in [0.25, 0.3) is 0 Å². The second-order valence-electron chi connectivity index (χ2n) is 3.30. The van der Waals surface area contributed by atoms with Gasteiger partial charge in [0.15, 0.2) is 0 Å². The van der Waals surface area contributed by atoms with Crippen LogP contribution >= 0.6 is 31.0 Å². The molecule has 3 N–H and O–H groups in total. The fraction of sp³-hybridized carbons (Fsp3) is 1.00. The summed E-state index contributed by atoms with van der Waals surface area (Å²) >= 11 is 11.1. The highest BCUT2D eigenvalue weighted by molar-refractivity contribution is 7.46. The van der Waals surface area contributed by atoms with E-state index in [1.54, 1.807) is 0 Å². The van der Waals surface area contributed by atoms with Crippen molar-refractivity contribution in [3.8, 4) is 0 Å². The van der Waals surface area contributed by atoms with Crippen molar-refractivity contribution in [3.63, 3.8) is 0 Å². The van der Waals surface area contributed by atoms with Gasteiger partial charge in [0.25, 0.3) is 0 Å². The predicted octanol–water partition coefficient (Wildman–Crippen LogP) is 1.33. The molecule has 0 aromatic rings. The molecule has 0 radical (unpaired) electrons. The highest BCUT2D eigenvalue weighted by Gasteiger charge is 2.31. The van der Waals surface area contributed by atoms with Crippen molar-refractivity contribution in [1.82, 2.24) is 0 Å². The van der Waals surface area contributed by atoms with E-state index in [0.717, 1.165) is 0 Å². The SMILES string of the molecule is O=P(O)(O)OCC(CO)(CCCl)CCCl. The second kappa shape index (κ2) is 7.07. The molecular formula is C7H15Cl2O5P. The molecule has 15 heavy (non-hydrogen) atoms. The zero-order valence-electron chi connectivity index (χ0n) is 8.10. The van der Waals surface area contributed by atoms with Gasteiger partial charge in [-0.25, -0.2) is 4.57 Å². The maximum Gasteiger partial charge on any atom is 0.469 e. The highest BCUT2D eigenvalue weighted by Crippen LogP contribution is 2.40. The van der Waals surface area contributed by atoms with Crippen molar-refractivity contribution in [3.05, 3.63) is 0 Å². The van der Waals surface area contributed by atoms with Gasteiger partial charge in [-0.3, -0.25) is 4.52 Å². The van der Waals surface area contributed by atoms with Gasteiger partial charge in [-0.1, -0.05) is 0 Å². The normalized spacial score (nSPS) is 13.1. The van der Waals surface area contributed by atoms with Crippen molar-refractivity contribution < 1.29 is 24.0 Å². The number of phosphoric ester groups is 1. The molecule has 0 bridgehead atoms. The van der Waals surface area contributed by atoms with E-state index in [0.29, 0.717) is 12.8 Å². The van der Waals surface area contributed by atoms with Gasteiger partial charge in [0, 0.05) is 17.2 Å². The minimum absolute atomic E-state index is 0.257. The number of hydrogen-bond acceptors (Lipinski definition) is 3. The number of halogens is 2. The molecule has 0 aromatic carbocycles. The van der Waals surface area contributed by atoms with Crippen LogP contribution in [0.2, 0.25) is 0 Å². The number of rotatable bonds is 8. The summed E-state index contributed by atoms with van der Waals surface area (Å²) in [6.07, 6.45) is 0.773. The van der Waals surface area contributed by atoms with Gasteiger partial charge in [0.05, 0.1) is 13.2 Å². The molecule has 0 aromatic heterocycles. The van der Waals surface area contributed by atoms with Crippen LogP contribution in [0, 0.1) is 5.41 Å². The first-order valence-electron chi connectivity index (χ1n) is 4.32. The van der Waals surface area contributed by atoms with Crippen LogP contribution in [-0.4, -0.2) is 39.9 Å². The number of alkyl halides is 2. The minimum Gasteiger partial charge on any atom is -0.396 e. The van der Waals surface area contributed by atoms with Gasteiger partial charge in [-0.2, -0.15) is 0 Å². The molecule has 0 heterocycles. The van der Waals surface area contributed by atoms with Gasteiger partial charge in [0.2, 0.25) is 0 Å². The minimum atomic E-state index is -4.52. The average Bonchev–Trinajstić information content (AvgIpc) is 2.14. The lowest BCUT2D eigenvalue weighted by Crippen LogP contribution is -2.32. The first kappa shape index (κ1) is 15.7. The van der Waals surface area contributed by atoms with E-state index in [9.17, 15) is 9.67 Å².